The Balaban J connectivity index is 2.09. The molecule has 2 N–H and O–H groups in total. The van der Waals surface area contributed by atoms with Gasteiger partial charge in [-0.25, -0.2) is 0 Å². The molecule has 17 heavy (non-hydrogen) atoms. The van der Waals surface area contributed by atoms with Crippen molar-refractivity contribution in [1.29, 1.82) is 0 Å². The summed E-state index contributed by atoms with van der Waals surface area (Å²) < 4.78 is 0. The van der Waals surface area contributed by atoms with E-state index >= 15 is 0 Å². The van der Waals surface area contributed by atoms with E-state index < -0.39 is 0 Å². The van der Waals surface area contributed by atoms with Crippen LogP contribution in [0.15, 0.2) is 0 Å². The van der Waals surface area contributed by atoms with Gasteiger partial charge in [-0.15, -0.1) is 0 Å². The van der Waals surface area contributed by atoms with Gasteiger partial charge in [-0.2, -0.15) is 0 Å². The molecule has 2 rings (SSSR count). The molecule has 0 bridgehead atoms. The van der Waals surface area contributed by atoms with Crippen LogP contribution in [0.5, 0.6) is 0 Å². The Bertz CT molecular complexity index is 258. The van der Waals surface area contributed by atoms with Crippen LogP contribution in [0.4, 0.5) is 0 Å². The molecular weight excluding hydrogens is 208 g/mol. The van der Waals surface area contributed by atoms with E-state index in [1.165, 1.54) is 51.5 Å². The van der Waals surface area contributed by atoms with Gasteiger partial charge in [-0.1, -0.05) is 33.1 Å². The van der Waals surface area contributed by atoms with Gasteiger partial charge < -0.3 is 5.73 Å². The van der Waals surface area contributed by atoms with E-state index in [9.17, 15) is 0 Å². The number of nitrogens with zero attached hydrogens (tertiary/aromatic N) is 1. The van der Waals surface area contributed by atoms with Gasteiger partial charge in [0.25, 0.3) is 0 Å². The Kier molecular flexibility index (Phi) is 3.84. The Labute approximate surface area is 107 Å². The number of likely N-dealkylation sites (N-methyl/N-ethyl adjacent to an activating group) is 1. The maximum Gasteiger partial charge on any atom is 0.0379 e. The highest BCUT2D eigenvalue weighted by atomic mass is 15.2. The number of rotatable bonds is 4. The summed E-state index contributed by atoms with van der Waals surface area (Å²) in [6.45, 7) is 6.94. The molecule has 0 aliphatic heterocycles. The van der Waals surface area contributed by atoms with Crippen LogP contribution in [-0.4, -0.2) is 30.6 Å². The molecule has 0 spiro atoms. The highest BCUT2D eigenvalue weighted by Gasteiger charge is 2.48. The molecule has 2 saturated carbocycles. The van der Waals surface area contributed by atoms with Gasteiger partial charge in [0.15, 0.2) is 0 Å². The molecule has 2 heteroatoms. The van der Waals surface area contributed by atoms with E-state index in [1.54, 1.807) is 0 Å². The molecule has 2 fully saturated rings. The van der Waals surface area contributed by atoms with Crippen LogP contribution in [0.25, 0.3) is 0 Å². The normalized spacial score (nSPS) is 33.7. The summed E-state index contributed by atoms with van der Waals surface area (Å²) in [4.78, 5) is 2.62. The predicted octanol–water partition coefficient (Wildman–Crippen LogP) is 3.02. The van der Waals surface area contributed by atoms with Crippen molar-refractivity contribution in [2.75, 3.05) is 20.1 Å². The lowest BCUT2D eigenvalue weighted by molar-refractivity contribution is -0.0413. The minimum absolute atomic E-state index is 0.251. The monoisotopic (exact) mass is 238 g/mol. The van der Waals surface area contributed by atoms with Crippen molar-refractivity contribution in [3.8, 4) is 0 Å². The lowest BCUT2D eigenvalue weighted by Gasteiger charge is -2.56. The van der Waals surface area contributed by atoms with Gasteiger partial charge in [0.05, 0.1) is 0 Å². The van der Waals surface area contributed by atoms with Gasteiger partial charge in [-0.05, 0) is 44.1 Å². The Morgan fingerprint density at radius 2 is 1.76 bits per heavy atom. The van der Waals surface area contributed by atoms with E-state index in [4.69, 9.17) is 5.73 Å². The smallest absolute Gasteiger partial charge is 0.0379 e. The Morgan fingerprint density at radius 3 is 2.24 bits per heavy atom. The minimum atomic E-state index is 0.251. The van der Waals surface area contributed by atoms with Crippen LogP contribution in [0.1, 0.15) is 58.8 Å². The molecule has 0 aromatic rings. The fourth-order valence-corrected chi connectivity index (χ4v) is 4.03. The van der Waals surface area contributed by atoms with E-state index in [2.05, 4.69) is 25.8 Å². The van der Waals surface area contributed by atoms with Crippen LogP contribution in [0.2, 0.25) is 0 Å². The third-order valence-corrected chi connectivity index (χ3v) is 5.73. The number of nitrogens with two attached hydrogens (primary N) is 1. The molecule has 2 aliphatic rings. The summed E-state index contributed by atoms with van der Waals surface area (Å²) in [5, 5.41) is 0. The summed E-state index contributed by atoms with van der Waals surface area (Å²) in [7, 11) is 2.32. The summed E-state index contributed by atoms with van der Waals surface area (Å²) >= 11 is 0. The van der Waals surface area contributed by atoms with E-state index in [-0.39, 0.29) is 5.54 Å². The van der Waals surface area contributed by atoms with Crippen LogP contribution in [-0.2, 0) is 0 Å². The molecule has 0 saturated heterocycles. The topological polar surface area (TPSA) is 29.3 Å². The molecule has 2 nitrogen and oxygen atoms in total. The molecule has 0 aromatic carbocycles. The van der Waals surface area contributed by atoms with Crippen LogP contribution < -0.4 is 5.73 Å². The quantitative estimate of drug-likeness (QED) is 0.816. The van der Waals surface area contributed by atoms with Crippen molar-refractivity contribution in [3.63, 3.8) is 0 Å². The average Bonchev–Trinajstić information content (AvgIpc) is 2.23. The third kappa shape index (κ3) is 2.26. The SMILES string of the molecule is CN(CC1CCC1)C1(CN)CCCCC1(C)C. The van der Waals surface area contributed by atoms with Crippen molar-refractivity contribution in [2.24, 2.45) is 17.1 Å². The van der Waals surface area contributed by atoms with Gasteiger partial charge in [-0.3, -0.25) is 4.90 Å². The maximum atomic E-state index is 6.21. The van der Waals surface area contributed by atoms with Crippen molar-refractivity contribution in [1.82, 2.24) is 4.90 Å². The first kappa shape index (κ1) is 13.4. The molecule has 1 unspecified atom stereocenters. The largest absolute Gasteiger partial charge is 0.329 e. The average molecular weight is 238 g/mol. The van der Waals surface area contributed by atoms with Gasteiger partial charge in [0.2, 0.25) is 0 Å². The van der Waals surface area contributed by atoms with Crippen molar-refractivity contribution in [3.05, 3.63) is 0 Å². The first-order valence-electron chi connectivity index (χ1n) is 7.43. The first-order valence-corrected chi connectivity index (χ1v) is 7.43. The highest BCUT2D eigenvalue weighted by Crippen LogP contribution is 2.47. The zero-order chi connectivity index (χ0) is 12.5. The lowest BCUT2D eigenvalue weighted by atomic mass is 9.62. The third-order valence-electron chi connectivity index (χ3n) is 5.73. The Hall–Kier alpha value is -0.0800. The summed E-state index contributed by atoms with van der Waals surface area (Å²) in [6, 6.07) is 0. The fraction of sp³-hybridized carbons (Fsp3) is 1.00. The molecule has 100 valence electrons. The summed E-state index contributed by atoms with van der Waals surface area (Å²) in [5.74, 6) is 0.946. The first-order chi connectivity index (χ1) is 8.02. The Morgan fingerprint density at radius 1 is 1.12 bits per heavy atom. The second kappa shape index (κ2) is 4.89. The van der Waals surface area contributed by atoms with Gasteiger partial charge >= 0.3 is 0 Å². The zero-order valence-electron chi connectivity index (χ0n) is 12.0. The second-order valence-corrected chi connectivity index (χ2v) is 7.00. The minimum Gasteiger partial charge on any atom is -0.329 e. The van der Waals surface area contributed by atoms with Crippen molar-refractivity contribution in [2.45, 2.75) is 64.3 Å². The molecule has 0 radical (unpaired) electrons. The summed E-state index contributed by atoms with van der Waals surface area (Å²) in [5.41, 5.74) is 6.83. The fourth-order valence-electron chi connectivity index (χ4n) is 4.03. The lowest BCUT2D eigenvalue weighted by Crippen LogP contribution is -2.63. The van der Waals surface area contributed by atoms with Gasteiger partial charge in [0.1, 0.15) is 0 Å². The van der Waals surface area contributed by atoms with Crippen LogP contribution in [0.3, 0.4) is 0 Å². The highest BCUT2D eigenvalue weighted by molar-refractivity contribution is 5.04. The summed E-state index contributed by atoms with van der Waals surface area (Å²) in [6.07, 6.45) is 9.68. The van der Waals surface area contributed by atoms with E-state index in [1.807, 2.05) is 0 Å². The number of hydrogen-bond acceptors (Lipinski definition) is 2. The zero-order valence-corrected chi connectivity index (χ0v) is 12.0. The van der Waals surface area contributed by atoms with E-state index in [0.29, 0.717) is 5.41 Å². The molecule has 0 amide bonds. The number of hydrogen-bond donors (Lipinski definition) is 1. The van der Waals surface area contributed by atoms with E-state index in [0.717, 1.165) is 12.5 Å². The predicted molar refractivity (Wildman–Crippen MR) is 74.0 cm³/mol. The molecule has 0 aromatic heterocycles. The second-order valence-electron chi connectivity index (χ2n) is 7.00. The molecular formula is C15H30N2. The molecule has 2 aliphatic carbocycles. The molecule has 0 heterocycles. The van der Waals surface area contributed by atoms with Gasteiger partial charge in [0, 0.05) is 18.6 Å². The van der Waals surface area contributed by atoms with Crippen LogP contribution >= 0.6 is 0 Å². The molecule has 1 atom stereocenters. The van der Waals surface area contributed by atoms with Crippen molar-refractivity contribution < 1.29 is 0 Å². The maximum absolute atomic E-state index is 6.21. The standard InChI is InChI=1S/C15H30N2/c1-14(2)9-4-5-10-15(14,12-16)17(3)11-13-7-6-8-13/h13H,4-12,16H2,1-3H3. The van der Waals surface area contributed by atoms with Crippen LogP contribution in [0, 0.1) is 11.3 Å². The van der Waals surface area contributed by atoms with Crippen molar-refractivity contribution >= 4 is 0 Å².